The summed E-state index contributed by atoms with van der Waals surface area (Å²) in [5.74, 6) is 1.87. The second kappa shape index (κ2) is 6.82. The van der Waals surface area contributed by atoms with E-state index >= 15 is 0 Å². The number of phenols is 1. The Labute approximate surface area is 119 Å². The average molecular weight is 273 g/mol. The summed E-state index contributed by atoms with van der Waals surface area (Å²) in [7, 11) is 3.29. The van der Waals surface area contributed by atoms with E-state index in [1.807, 2.05) is 30.3 Å². The van der Waals surface area contributed by atoms with Gasteiger partial charge in [-0.2, -0.15) is 0 Å². The Bertz CT molecular complexity index is 552. The SMILES string of the molecule is COc1ccc(CNCc2ccc(O)cc2)c(OC)c1. The number of nitrogens with one attached hydrogen (secondary N) is 1. The van der Waals surface area contributed by atoms with Crippen molar-refractivity contribution in [2.24, 2.45) is 0 Å². The molecule has 0 saturated carbocycles. The lowest BCUT2D eigenvalue weighted by Crippen LogP contribution is -2.13. The summed E-state index contributed by atoms with van der Waals surface area (Å²) in [6.45, 7) is 1.43. The Morgan fingerprint density at radius 2 is 1.70 bits per heavy atom. The van der Waals surface area contributed by atoms with Crippen LogP contribution in [-0.2, 0) is 13.1 Å². The maximum Gasteiger partial charge on any atom is 0.127 e. The molecule has 0 atom stereocenters. The molecule has 0 radical (unpaired) electrons. The Hall–Kier alpha value is -2.20. The van der Waals surface area contributed by atoms with Gasteiger partial charge in [0.2, 0.25) is 0 Å². The third kappa shape index (κ3) is 3.65. The van der Waals surface area contributed by atoms with Crippen molar-refractivity contribution in [1.29, 1.82) is 0 Å². The van der Waals surface area contributed by atoms with E-state index in [0.717, 1.165) is 29.2 Å². The molecule has 2 N–H and O–H groups in total. The van der Waals surface area contributed by atoms with Gasteiger partial charge in [-0.1, -0.05) is 18.2 Å². The van der Waals surface area contributed by atoms with Crippen LogP contribution in [0.4, 0.5) is 0 Å². The van der Waals surface area contributed by atoms with Crippen LogP contribution in [0.15, 0.2) is 42.5 Å². The minimum Gasteiger partial charge on any atom is -0.508 e. The van der Waals surface area contributed by atoms with E-state index in [4.69, 9.17) is 9.47 Å². The Kier molecular flexibility index (Phi) is 4.85. The zero-order valence-electron chi connectivity index (χ0n) is 11.7. The number of phenolic OH excluding ortho intramolecular Hbond substituents is 1. The molecule has 2 rings (SSSR count). The van der Waals surface area contributed by atoms with Crippen molar-refractivity contribution in [3.63, 3.8) is 0 Å². The van der Waals surface area contributed by atoms with E-state index in [0.29, 0.717) is 6.54 Å². The third-order valence-electron chi connectivity index (χ3n) is 3.08. The van der Waals surface area contributed by atoms with Gasteiger partial charge in [-0.25, -0.2) is 0 Å². The monoisotopic (exact) mass is 273 g/mol. The fourth-order valence-corrected chi connectivity index (χ4v) is 1.95. The van der Waals surface area contributed by atoms with Crippen molar-refractivity contribution >= 4 is 0 Å². The molecule has 20 heavy (non-hydrogen) atoms. The van der Waals surface area contributed by atoms with Crippen LogP contribution >= 0.6 is 0 Å². The lowest BCUT2D eigenvalue weighted by molar-refractivity contribution is 0.390. The fourth-order valence-electron chi connectivity index (χ4n) is 1.95. The summed E-state index contributed by atoms with van der Waals surface area (Å²) in [5, 5.41) is 12.6. The van der Waals surface area contributed by atoms with Gasteiger partial charge >= 0.3 is 0 Å². The molecule has 0 aromatic heterocycles. The zero-order chi connectivity index (χ0) is 14.4. The predicted octanol–water partition coefficient (Wildman–Crippen LogP) is 2.70. The molecule has 0 amide bonds. The van der Waals surface area contributed by atoms with E-state index in [-0.39, 0.29) is 5.75 Å². The molecular formula is C16H19NO3. The van der Waals surface area contributed by atoms with Crippen molar-refractivity contribution in [2.75, 3.05) is 14.2 Å². The Morgan fingerprint density at radius 1 is 0.950 bits per heavy atom. The molecule has 4 nitrogen and oxygen atoms in total. The van der Waals surface area contributed by atoms with Crippen LogP contribution in [0.5, 0.6) is 17.2 Å². The molecule has 0 saturated heterocycles. The number of rotatable bonds is 6. The quantitative estimate of drug-likeness (QED) is 0.849. The van der Waals surface area contributed by atoms with Crippen molar-refractivity contribution in [2.45, 2.75) is 13.1 Å². The summed E-state index contributed by atoms with van der Waals surface area (Å²) >= 11 is 0. The molecule has 0 heterocycles. The van der Waals surface area contributed by atoms with Crippen LogP contribution in [-0.4, -0.2) is 19.3 Å². The second-order valence-electron chi connectivity index (χ2n) is 4.45. The largest absolute Gasteiger partial charge is 0.508 e. The molecule has 0 aliphatic carbocycles. The van der Waals surface area contributed by atoms with Crippen LogP contribution in [0, 0.1) is 0 Å². The van der Waals surface area contributed by atoms with E-state index < -0.39 is 0 Å². The standard InChI is InChI=1S/C16H19NO3/c1-19-15-8-5-13(16(9-15)20-2)11-17-10-12-3-6-14(18)7-4-12/h3-9,17-18H,10-11H2,1-2H3. The molecule has 4 heteroatoms. The first kappa shape index (κ1) is 14.2. The number of hydrogen-bond acceptors (Lipinski definition) is 4. The molecular weight excluding hydrogens is 254 g/mol. The summed E-state index contributed by atoms with van der Waals surface area (Å²) in [4.78, 5) is 0. The van der Waals surface area contributed by atoms with Gasteiger partial charge in [0.25, 0.3) is 0 Å². The molecule has 106 valence electrons. The number of benzene rings is 2. The Morgan fingerprint density at radius 3 is 2.35 bits per heavy atom. The van der Waals surface area contributed by atoms with Crippen LogP contribution in [0.1, 0.15) is 11.1 Å². The number of hydrogen-bond donors (Lipinski definition) is 2. The van der Waals surface area contributed by atoms with Gasteiger partial charge in [-0.3, -0.25) is 0 Å². The summed E-state index contributed by atoms with van der Waals surface area (Å²) in [5.41, 5.74) is 2.20. The fraction of sp³-hybridized carbons (Fsp3) is 0.250. The van der Waals surface area contributed by atoms with Crippen molar-refractivity contribution in [3.8, 4) is 17.2 Å². The van der Waals surface area contributed by atoms with Gasteiger partial charge in [0.15, 0.2) is 0 Å². The molecule has 0 spiro atoms. The van der Waals surface area contributed by atoms with E-state index in [1.165, 1.54) is 0 Å². The van der Waals surface area contributed by atoms with Gasteiger partial charge in [0.1, 0.15) is 17.2 Å². The zero-order valence-corrected chi connectivity index (χ0v) is 11.7. The summed E-state index contributed by atoms with van der Waals surface area (Å²) in [6, 6.07) is 12.9. The summed E-state index contributed by atoms with van der Waals surface area (Å²) in [6.07, 6.45) is 0. The minimum absolute atomic E-state index is 0.283. The molecule has 0 aliphatic rings. The van der Waals surface area contributed by atoms with Crippen molar-refractivity contribution < 1.29 is 14.6 Å². The highest BCUT2D eigenvalue weighted by molar-refractivity contribution is 5.40. The molecule has 2 aromatic rings. The first-order chi connectivity index (χ1) is 9.72. The number of methoxy groups -OCH3 is 2. The topological polar surface area (TPSA) is 50.7 Å². The summed E-state index contributed by atoms with van der Waals surface area (Å²) < 4.78 is 10.5. The van der Waals surface area contributed by atoms with E-state index in [1.54, 1.807) is 26.4 Å². The lowest BCUT2D eigenvalue weighted by atomic mass is 10.1. The molecule has 0 fully saturated rings. The normalized spacial score (nSPS) is 10.3. The van der Waals surface area contributed by atoms with E-state index in [2.05, 4.69) is 5.32 Å². The van der Waals surface area contributed by atoms with Gasteiger partial charge in [0, 0.05) is 24.7 Å². The van der Waals surface area contributed by atoms with Gasteiger partial charge in [0.05, 0.1) is 14.2 Å². The molecule has 2 aromatic carbocycles. The number of aromatic hydroxyl groups is 1. The van der Waals surface area contributed by atoms with Crippen molar-refractivity contribution in [1.82, 2.24) is 5.32 Å². The maximum atomic E-state index is 9.23. The third-order valence-corrected chi connectivity index (χ3v) is 3.08. The van der Waals surface area contributed by atoms with Crippen molar-refractivity contribution in [3.05, 3.63) is 53.6 Å². The lowest BCUT2D eigenvalue weighted by Gasteiger charge is -2.11. The Balaban J connectivity index is 1.95. The highest BCUT2D eigenvalue weighted by Crippen LogP contribution is 2.24. The van der Waals surface area contributed by atoms with Crippen LogP contribution < -0.4 is 14.8 Å². The minimum atomic E-state index is 0.283. The smallest absolute Gasteiger partial charge is 0.127 e. The molecule has 0 bridgehead atoms. The highest BCUT2D eigenvalue weighted by Gasteiger charge is 2.04. The first-order valence-corrected chi connectivity index (χ1v) is 6.42. The van der Waals surface area contributed by atoms with Gasteiger partial charge < -0.3 is 19.9 Å². The van der Waals surface area contributed by atoms with Crippen LogP contribution in [0.2, 0.25) is 0 Å². The molecule has 0 unspecified atom stereocenters. The first-order valence-electron chi connectivity index (χ1n) is 6.42. The average Bonchev–Trinajstić information content (AvgIpc) is 2.49. The van der Waals surface area contributed by atoms with E-state index in [9.17, 15) is 5.11 Å². The van der Waals surface area contributed by atoms with Gasteiger partial charge in [-0.05, 0) is 23.8 Å². The van der Waals surface area contributed by atoms with Crippen LogP contribution in [0.3, 0.4) is 0 Å². The van der Waals surface area contributed by atoms with Gasteiger partial charge in [-0.15, -0.1) is 0 Å². The number of ether oxygens (including phenoxy) is 2. The van der Waals surface area contributed by atoms with Crippen LogP contribution in [0.25, 0.3) is 0 Å². The highest BCUT2D eigenvalue weighted by atomic mass is 16.5. The molecule has 0 aliphatic heterocycles. The second-order valence-corrected chi connectivity index (χ2v) is 4.45. The predicted molar refractivity (Wildman–Crippen MR) is 78.2 cm³/mol. The maximum absolute atomic E-state index is 9.23.